The first-order valence-corrected chi connectivity index (χ1v) is 37.7. The Kier molecular flexibility index (Phi) is 68.3. The van der Waals surface area contributed by atoms with Crippen molar-refractivity contribution in [1.82, 2.24) is 0 Å². The number of hydrogen-bond acceptors (Lipinski definition) is 8. The summed E-state index contributed by atoms with van der Waals surface area (Å²) in [5, 5.41) is 0. The summed E-state index contributed by atoms with van der Waals surface area (Å²) in [6.45, 7) is 8.96. The lowest BCUT2D eigenvalue weighted by Gasteiger charge is -2.22. The largest absolute Gasteiger partial charge is 0.462 e. The lowest BCUT2D eigenvalue weighted by Crippen LogP contribution is -2.30. The average Bonchev–Trinajstić information content (AvgIpc) is 3.54. The third-order valence-corrected chi connectivity index (χ3v) is 16.8. The number of ether oxygens (including phenoxy) is 4. The SMILES string of the molecule is CCCCCCCC/C=C\CCCCCCCC(=O)OCC(CCC(COC(=O)CCCCCCC/C=C\CCCCCCCC)OC(=O)CCCCCCC/C=C\CCCCCCCC)OC(=O)CCCCCCC/C=C\CCCCCCCC. The van der Waals surface area contributed by atoms with Gasteiger partial charge in [0.25, 0.3) is 0 Å². The third-order valence-electron chi connectivity index (χ3n) is 16.8. The molecule has 8 nitrogen and oxygen atoms in total. The highest BCUT2D eigenvalue weighted by Crippen LogP contribution is 2.19. The maximum atomic E-state index is 13.4. The van der Waals surface area contributed by atoms with E-state index < -0.39 is 12.2 Å². The van der Waals surface area contributed by atoms with Crippen LogP contribution in [0.4, 0.5) is 0 Å². The number of allylic oxidation sites excluding steroid dienone is 8. The predicted molar refractivity (Wildman–Crippen MR) is 369 cm³/mol. The summed E-state index contributed by atoms with van der Waals surface area (Å²) in [7, 11) is 0. The van der Waals surface area contributed by atoms with E-state index >= 15 is 0 Å². The van der Waals surface area contributed by atoms with Crippen molar-refractivity contribution in [2.24, 2.45) is 0 Å². The van der Waals surface area contributed by atoms with E-state index in [-0.39, 0.29) is 37.1 Å². The van der Waals surface area contributed by atoms with Crippen LogP contribution in [0.1, 0.15) is 400 Å². The third kappa shape index (κ3) is 66.8. The number of unbranched alkanes of at least 4 members (excludes halogenated alkanes) is 44. The zero-order chi connectivity index (χ0) is 62.4. The molecular weight excluding hydrogens is 1060 g/mol. The van der Waals surface area contributed by atoms with Gasteiger partial charge in [0.15, 0.2) is 0 Å². The first-order valence-electron chi connectivity index (χ1n) is 37.7. The van der Waals surface area contributed by atoms with E-state index in [1.165, 1.54) is 193 Å². The van der Waals surface area contributed by atoms with Crippen LogP contribution in [0.3, 0.4) is 0 Å². The molecule has 0 fully saturated rings. The standard InChI is InChI=1S/C78H142O8/c1-5-9-13-17-21-25-29-33-37-41-45-49-53-57-61-65-75(79)83-71-73(85-77(81)67-63-59-55-51-47-43-39-35-31-27-23-19-15-11-7-3)69-70-74(86-78(82)68-64-60-56-52-48-44-40-36-32-28-24-20-16-12-8-4)72-84-76(80)66-62-58-54-50-46-42-38-34-30-26-22-18-14-10-6-2/h33-40,73-74H,5-32,41-72H2,1-4H3/b37-33-,38-34-,39-35-,40-36-. The molecule has 0 aliphatic heterocycles. The molecule has 0 aromatic heterocycles. The maximum Gasteiger partial charge on any atom is 0.306 e. The van der Waals surface area contributed by atoms with Crippen LogP contribution in [0, 0.1) is 0 Å². The minimum absolute atomic E-state index is 0.0487. The Morgan fingerprint density at radius 1 is 0.233 bits per heavy atom. The molecule has 0 aromatic rings. The number of hydrogen-bond donors (Lipinski definition) is 0. The van der Waals surface area contributed by atoms with Gasteiger partial charge < -0.3 is 18.9 Å². The molecule has 0 aliphatic rings. The molecule has 0 amide bonds. The second-order valence-corrected chi connectivity index (χ2v) is 25.5. The van der Waals surface area contributed by atoms with E-state index in [0.717, 1.165) is 141 Å². The lowest BCUT2D eigenvalue weighted by atomic mass is 10.1. The highest BCUT2D eigenvalue weighted by Gasteiger charge is 2.23. The zero-order valence-corrected chi connectivity index (χ0v) is 57.5. The monoisotopic (exact) mass is 1210 g/mol. The van der Waals surface area contributed by atoms with Gasteiger partial charge in [-0.15, -0.1) is 0 Å². The summed E-state index contributed by atoms with van der Waals surface area (Å²) in [4.78, 5) is 52.9. The first-order chi connectivity index (χ1) is 42.4. The predicted octanol–water partition coefficient (Wildman–Crippen LogP) is 24.8. The number of rotatable bonds is 69. The summed E-state index contributed by atoms with van der Waals surface area (Å²) >= 11 is 0. The molecule has 2 unspecified atom stereocenters. The summed E-state index contributed by atoms with van der Waals surface area (Å²) < 4.78 is 23.7. The Hall–Kier alpha value is -3.16. The van der Waals surface area contributed by atoms with Gasteiger partial charge in [0.2, 0.25) is 0 Å². The molecule has 0 saturated heterocycles. The van der Waals surface area contributed by atoms with E-state index in [0.29, 0.717) is 38.5 Å². The van der Waals surface area contributed by atoms with Crippen molar-refractivity contribution in [1.29, 1.82) is 0 Å². The van der Waals surface area contributed by atoms with E-state index in [9.17, 15) is 19.2 Å². The topological polar surface area (TPSA) is 105 Å². The van der Waals surface area contributed by atoms with Gasteiger partial charge >= 0.3 is 23.9 Å². The summed E-state index contributed by atoms with van der Waals surface area (Å²) in [6, 6.07) is 0. The van der Waals surface area contributed by atoms with E-state index in [4.69, 9.17) is 18.9 Å². The van der Waals surface area contributed by atoms with Crippen LogP contribution in [0.25, 0.3) is 0 Å². The minimum atomic E-state index is -0.693. The molecule has 0 bridgehead atoms. The van der Waals surface area contributed by atoms with Crippen LogP contribution in [0.5, 0.6) is 0 Å². The molecule has 0 aliphatic carbocycles. The Bertz CT molecular complexity index is 1450. The molecule has 0 saturated carbocycles. The molecule has 0 heterocycles. The van der Waals surface area contributed by atoms with Crippen molar-refractivity contribution in [3.63, 3.8) is 0 Å². The Morgan fingerprint density at radius 2 is 0.407 bits per heavy atom. The van der Waals surface area contributed by atoms with Crippen molar-refractivity contribution >= 4 is 23.9 Å². The second-order valence-electron chi connectivity index (χ2n) is 25.5. The summed E-state index contributed by atoms with van der Waals surface area (Å²) in [5.74, 6) is -1.17. The molecule has 0 spiro atoms. The second kappa shape index (κ2) is 70.9. The van der Waals surface area contributed by atoms with Crippen molar-refractivity contribution in [3.8, 4) is 0 Å². The fourth-order valence-electron chi connectivity index (χ4n) is 11.1. The molecule has 502 valence electrons. The van der Waals surface area contributed by atoms with Gasteiger partial charge in [-0.05, 0) is 141 Å². The fraction of sp³-hybridized carbons (Fsp3) is 0.846. The van der Waals surface area contributed by atoms with Gasteiger partial charge in [0.05, 0.1) is 0 Å². The van der Waals surface area contributed by atoms with Crippen molar-refractivity contribution in [3.05, 3.63) is 48.6 Å². The molecule has 8 heteroatoms. The average molecular weight is 1210 g/mol. The summed E-state index contributed by atoms with van der Waals surface area (Å²) in [6.07, 6.45) is 81.0. The highest BCUT2D eigenvalue weighted by atomic mass is 16.6. The smallest absolute Gasteiger partial charge is 0.306 e. The molecule has 0 rings (SSSR count). The minimum Gasteiger partial charge on any atom is -0.462 e. The van der Waals surface area contributed by atoms with Gasteiger partial charge in [-0.1, -0.05) is 282 Å². The number of carbonyl (C=O) groups is 4. The van der Waals surface area contributed by atoms with Gasteiger partial charge in [-0.25, -0.2) is 0 Å². The van der Waals surface area contributed by atoms with Crippen LogP contribution in [0.15, 0.2) is 48.6 Å². The van der Waals surface area contributed by atoms with Gasteiger partial charge in [0, 0.05) is 25.7 Å². The molecule has 86 heavy (non-hydrogen) atoms. The van der Waals surface area contributed by atoms with E-state index in [1.54, 1.807) is 0 Å². The van der Waals surface area contributed by atoms with Gasteiger partial charge in [-0.2, -0.15) is 0 Å². The number of esters is 4. The van der Waals surface area contributed by atoms with E-state index in [1.807, 2.05) is 0 Å². The van der Waals surface area contributed by atoms with Crippen molar-refractivity contribution in [2.45, 2.75) is 412 Å². The van der Waals surface area contributed by atoms with E-state index in [2.05, 4.69) is 76.3 Å². The zero-order valence-electron chi connectivity index (χ0n) is 57.5. The Labute approximate surface area is 533 Å². The molecular formula is C78H142O8. The molecule has 0 N–H and O–H groups in total. The first kappa shape index (κ1) is 82.8. The summed E-state index contributed by atoms with van der Waals surface area (Å²) in [5.41, 5.74) is 0. The van der Waals surface area contributed by atoms with Crippen molar-refractivity contribution < 1.29 is 38.1 Å². The van der Waals surface area contributed by atoms with Crippen LogP contribution >= 0.6 is 0 Å². The van der Waals surface area contributed by atoms with Crippen LogP contribution in [-0.4, -0.2) is 49.3 Å². The highest BCUT2D eigenvalue weighted by molar-refractivity contribution is 5.71. The molecule has 0 radical (unpaired) electrons. The van der Waals surface area contributed by atoms with Gasteiger partial charge in [0.1, 0.15) is 25.4 Å². The number of carbonyl (C=O) groups excluding carboxylic acids is 4. The van der Waals surface area contributed by atoms with Crippen LogP contribution in [-0.2, 0) is 38.1 Å². The molecule has 2 atom stereocenters. The van der Waals surface area contributed by atoms with Gasteiger partial charge in [-0.3, -0.25) is 19.2 Å². The Balaban J connectivity index is 5.35. The normalized spacial score (nSPS) is 12.6. The lowest BCUT2D eigenvalue weighted by molar-refractivity contribution is -0.163. The Morgan fingerprint density at radius 3 is 0.616 bits per heavy atom. The van der Waals surface area contributed by atoms with Crippen LogP contribution < -0.4 is 0 Å². The van der Waals surface area contributed by atoms with Crippen LogP contribution in [0.2, 0.25) is 0 Å². The molecule has 0 aromatic carbocycles. The van der Waals surface area contributed by atoms with Crippen molar-refractivity contribution in [2.75, 3.05) is 13.2 Å². The fourth-order valence-corrected chi connectivity index (χ4v) is 11.1. The maximum absolute atomic E-state index is 13.4. The quantitative estimate of drug-likeness (QED) is 0.0257.